The van der Waals surface area contributed by atoms with Crippen LogP contribution in [0, 0.1) is 13.8 Å². The Morgan fingerprint density at radius 3 is 2.52 bits per heavy atom. The minimum absolute atomic E-state index is 0.0413. The molecule has 0 unspecified atom stereocenters. The van der Waals surface area contributed by atoms with Crippen LogP contribution in [0.15, 0.2) is 42.5 Å². The summed E-state index contributed by atoms with van der Waals surface area (Å²) in [5.74, 6) is -0.646. The van der Waals surface area contributed by atoms with Crippen LogP contribution in [0.25, 0.3) is 0 Å². The van der Waals surface area contributed by atoms with Gasteiger partial charge in [0.2, 0.25) is 5.91 Å². The largest absolute Gasteiger partial charge is 0.324 e. The Hall–Kier alpha value is -3.19. The standard InChI is InChI=1S/C21H22ClN5O2/c1-4-15-8-5-6-10-18(15)23-19(28)12-27-14(3)20(25-26-27)21(29)24-17-11-7-9-16(22)13(17)2/h5-11H,4,12H2,1-3H3,(H,23,28)(H,24,29). The van der Waals surface area contributed by atoms with Crippen LogP contribution >= 0.6 is 11.6 Å². The Bertz CT molecular complexity index is 1060. The Balaban J connectivity index is 1.71. The van der Waals surface area contributed by atoms with Crippen LogP contribution < -0.4 is 10.6 Å². The number of anilines is 2. The van der Waals surface area contributed by atoms with Crippen molar-refractivity contribution in [3.05, 3.63) is 70.0 Å². The molecule has 0 radical (unpaired) electrons. The molecule has 2 aromatic carbocycles. The molecule has 1 aromatic heterocycles. The lowest BCUT2D eigenvalue weighted by molar-refractivity contribution is -0.117. The number of nitrogens with zero attached hydrogens (tertiary/aromatic N) is 3. The van der Waals surface area contributed by atoms with Crippen molar-refractivity contribution in [2.24, 2.45) is 0 Å². The molecule has 0 bridgehead atoms. The number of halogens is 1. The number of nitrogens with one attached hydrogen (secondary N) is 2. The number of hydrogen-bond donors (Lipinski definition) is 2. The SMILES string of the molecule is CCc1ccccc1NC(=O)Cn1nnc(C(=O)Nc2cccc(Cl)c2C)c1C. The van der Waals surface area contributed by atoms with E-state index in [4.69, 9.17) is 11.6 Å². The Morgan fingerprint density at radius 1 is 1.03 bits per heavy atom. The van der Waals surface area contributed by atoms with Crippen molar-refractivity contribution in [1.82, 2.24) is 15.0 Å². The van der Waals surface area contributed by atoms with Gasteiger partial charge in [-0.3, -0.25) is 9.59 Å². The van der Waals surface area contributed by atoms with E-state index in [9.17, 15) is 9.59 Å². The first-order valence-electron chi connectivity index (χ1n) is 9.25. The fourth-order valence-corrected chi connectivity index (χ4v) is 3.10. The molecule has 2 amide bonds. The van der Waals surface area contributed by atoms with Gasteiger partial charge in [-0.05, 0) is 49.6 Å². The third kappa shape index (κ3) is 4.63. The molecule has 0 atom stereocenters. The highest BCUT2D eigenvalue weighted by Gasteiger charge is 2.19. The van der Waals surface area contributed by atoms with E-state index in [0.29, 0.717) is 16.4 Å². The molecule has 0 fully saturated rings. The summed E-state index contributed by atoms with van der Waals surface area (Å²) in [4.78, 5) is 25.0. The molecule has 2 N–H and O–H groups in total. The average molecular weight is 412 g/mol. The van der Waals surface area contributed by atoms with E-state index in [2.05, 4.69) is 20.9 Å². The van der Waals surface area contributed by atoms with Gasteiger partial charge in [0.15, 0.2) is 5.69 Å². The minimum atomic E-state index is -0.407. The number of rotatable bonds is 6. The number of carbonyl (C=O) groups is 2. The van der Waals surface area contributed by atoms with Crippen LogP contribution in [0.5, 0.6) is 0 Å². The van der Waals surface area contributed by atoms with E-state index in [1.165, 1.54) is 4.68 Å². The Kier molecular flexibility index (Phi) is 6.29. The van der Waals surface area contributed by atoms with Crippen LogP contribution in [0.1, 0.15) is 34.2 Å². The molecule has 8 heteroatoms. The first-order valence-corrected chi connectivity index (χ1v) is 9.62. The summed E-state index contributed by atoms with van der Waals surface area (Å²) in [6, 6.07) is 12.9. The monoisotopic (exact) mass is 411 g/mol. The number of benzene rings is 2. The second-order valence-corrected chi connectivity index (χ2v) is 7.01. The molecule has 0 saturated heterocycles. The van der Waals surface area contributed by atoms with E-state index < -0.39 is 5.91 Å². The van der Waals surface area contributed by atoms with Crippen LogP contribution in [0.4, 0.5) is 11.4 Å². The highest BCUT2D eigenvalue weighted by atomic mass is 35.5. The van der Waals surface area contributed by atoms with E-state index in [-0.39, 0.29) is 18.1 Å². The van der Waals surface area contributed by atoms with Crippen molar-refractivity contribution in [2.75, 3.05) is 10.6 Å². The fraction of sp³-hybridized carbons (Fsp3) is 0.238. The molecule has 150 valence electrons. The molecule has 7 nitrogen and oxygen atoms in total. The van der Waals surface area contributed by atoms with Gasteiger partial charge < -0.3 is 10.6 Å². The summed E-state index contributed by atoms with van der Waals surface area (Å²) in [5, 5.41) is 14.1. The fourth-order valence-electron chi connectivity index (χ4n) is 2.92. The average Bonchev–Trinajstić information content (AvgIpc) is 3.06. The van der Waals surface area contributed by atoms with Crippen LogP contribution in [-0.4, -0.2) is 26.8 Å². The Morgan fingerprint density at radius 2 is 1.76 bits per heavy atom. The molecule has 3 aromatic rings. The smallest absolute Gasteiger partial charge is 0.278 e. The van der Waals surface area contributed by atoms with Gasteiger partial charge in [-0.25, -0.2) is 4.68 Å². The van der Waals surface area contributed by atoms with E-state index in [0.717, 1.165) is 23.2 Å². The van der Waals surface area contributed by atoms with Crippen molar-refractivity contribution < 1.29 is 9.59 Å². The van der Waals surface area contributed by atoms with E-state index in [1.54, 1.807) is 25.1 Å². The molecule has 0 aliphatic rings. The molecule has 0 aliphatic heterocycles. The van der Waals surface area contributed by atoms with Crippen LogP contribution in [0.2, 0.25) is 5.02 Å². The van der Waals surface area contributed by atoms with Gasteiger partial charge in [0.25, 0.3) is 5.91 Å². The summed E-state index contributed by atoms with van der Waals surface area (Å²) < 4.78 is 1.41. The van der Waals surface area contributed by atoms with Gasteiger partial charge >= 0.3 is 0 Å². The van der Waals surface area contributed by atoms with Crippen LogP contribution in [0.3, 0.4) is 0 Å². The maximum atomic E-state index is 12.6. The molecular weight excluding hydrogens is 390 g/mol. The second-order valence-electron chi connectivity index (χ2n) is 6.61. The highest BCUT2D eigenvalue weighted by molar-refractivity contribution is 6.31. The van der Waals surface area contributed by atoms with Gasteiger partial charge in [0.1, 0.15) is 6.54 Å². The zero-order valence-electron chi connectivity index (χ0n) is 16.5. The first kappa shape index (κ1) is 20.5. The highest BCUT2D eigenvalue weighted by Crippen LogP contribution is 2.23. The van der Waals surface area contributed by atoms with Crippen molar-refractivity contribution in [3.8, 4) is 0 Å². The van der Waals surface area contributed by atoms with Gasteiger partial charge in [-0.1, -0.05) is 48.0 Å². The molecule has 0 spiro atoms. The maximum absolute atomic E-state index is 12.6. The lowest BCUT2D eigenvalue weighted by atomic mass is 10.1. The maximum Gasteiger partial charge on any atom is 0.278 e. The first-order chi connectivity index (χ1) is 13.9. The molecule has 1 heterocycles. The number of aryl methyl sites for hydroxylation is 1. The summed E-state index contributed by atoms with van der Waals surface area (Å²) in [7, 11) is 0. The summed E-state index contributed by atoms with van der Waals surface area (Å²) in [5.41, 5.74) is 3.85. The summed E-state index contributed by atoms with van der Waals surface area (Å²) >= 11 is 6.10. The summed E-state index contributed by atoms with van der Waals surface area (Å²) in [6.45, 7) is 5.51. The normalized spacial score (nSPS) is 10.6. The van der Waals surface area contributed by atoms with Gasteiger partial charge in [-0.15, -0.1) is 5.10 Å². The van der Waals surface area contributed by atoms with Crippen molar-refractivity contribution >= 4 is 34.8 Å². The predicted molar refractivity (Wildman–Crippen MR) is 113 cm³/mol. The Labute approximate surface area is 174 Å². The number of amides is 2. The molecule has 0 saturated carbocycles. The van der Waals surface area contributed by atoms with E-state index >= 15 is 0 Å². The van der Waals surface area contributed by atoms with Gasteiger partial charge in [0.05, 0.1) is 5.69 Å². The molecule has 29 heavy (non-hydrogen) atoms. The number of para-hydroxylation sites is 1. The number of carbonyl (C=O) groups excluding carboxylic acids is 2. The van der Waals surface area contributed by atoms with Gasteiger partial charge in [-0.2, -0.15) is 0 Å². The third-order valence-corrected chi connectivity index (χ3v) is 5.09. The predicted octanol–water partition coefficient (Wildman–Crippen LogP) is 4.00. The zero-order valence-corrected chi connectivity index (χ0v) is 17.2. The van der Waals surface area contributed by atoms with Crippen molar-refractivity contribution in [1.29, 1.82) is 0 Å². The van der Waals surface area contributed by atoms with Crippen molar-refractivity contribution in [3.63, 3.8) is 0 Å². The van der Waals surface area contributed by atoms with Crippen molar-refractivity contribution in [2.45, 2.75) is 33.7 Å². The molecule has 3 rings (SSSR count). The topological polar surface area (TPSA) is 88.9 Å². The minimum Gasteiger partial charge on any atom is -0.324 e. The van der Waals surface area contributed by atoms with Crippen LogP contribution in [-0.2, 0) is 17.8 Å². The molecular formula is C21H22ClN5O2. The van der Waals surface area contributed by atoms with Gasteiger partial charge in [0, 0.05) is 16.4 Å². The molecule has 0 aliphatic carbocycles. The quantitative estimate of drug-likeness (QED) is 0.641. The third-order valence-electron chi connectivity index (χ3n) is 4.68. The zero-order chi connectivity index (χ0) is 21.0. The number of aromatic nitrogens is 3. The second kappa shape index (κ2) is 8.87. The lowest BCUT2D eigenvalue weighted by Gasteiger charge is -2.10. The number of hydrogen-bond acceptors (Lipinski definition) is 4. The lowest BCUT2D eigenvalue weighted by Crippen LogP contribution is -2.21. The van der Waals surface area contributed by atoms with E-state index in [1.807, 2.05) is 38.1 Å². The summed E-state index contributed by atoms with van der Waals surface area (Å²) in [6.07, 6.45) is 0.812.